The Hall–Kier alpha value is -1.06. The van der Waals surface area contributed by atoms with Crippen LogP contribution in [0.2, 0.25) is 0 Å². The van der Waals surface area contributed by atoms with Gasteiger partial charge in [-0.15, -0.1) is 0 Å². The maximum absolute atomic E-state index is 12.3. The van der Waals surface area contributed by atoms with Crippen molar-refractivity contribution >= 4 is 11.8 Å². The molecule has 2 aliphatic rings. The summed E-state index contributed by atoms with van der Waals surface area (Å²) in [7, 11) is 0. The van der Waals surface area contributed by atoms with Crippen LogP contribution in [-0.2, 0) is 9.59 Å². The van der Waals surface area contributed by atoms with Crippen LogP contribution in [0.15, 0.2) is 0 Å². The van der Waals surface area contributed by atoms with Gasteiger partial charge in [-0.2, -0.15) is 0 Å². The lowest BCUT2D eigenvalue weighted by molar-refractivity contribution is -0.140. The van der Waals surface area contributed by atoms with Crippen molar-refractivity contribution in [3.05, 3.63) is 0 Å². The molecular weight excluding hydrogens is 252 g/mol. The molecule has 20 heavy (non-hydrogen) atoms. The highest BCUT2D eigenvalue weighted by atomic mass is 16.2. The number of amides is 2. The van der Waals surface area contributed by atoms with E-state index in [1.165, 1.54) is 6.42 Å². The van der Waals surface area contributed by atoms with E-state index in [0.717, 1.165) is 38.8 Å². The summed E-state index contributed by atoms with van der Waals surface area (Å²) >= 11 is 0. The average Bonchev–Trinajstić information content (AvgIpc) is 2.33. The number of nitrogens with one attached hydrogen (secondary N) is 1. The lowest BCUT2D eigenvalue weighted by Crippen LogP contribution is -2.47. The molecule has 2 fully saturated rings. The van der Waals surface area contributed by atoms with Crippen LogP contribution in [0.4, 0.5) is 0 Å². The SMILES string of the molecule is CC(C)(C)C(=O)NCC1CCCN(C(=O)C2CCC2)C1. The van der Waals surface area contributed by atoms with E-state index in [9.17, 15) is 9.59 Å². The molecule has 0 radical (unpaired) electrons. The van der Waals surface area contributed by atoms with Gasteiger partial charge in [0.2, 0.25) is 11.8 Å². The van der Waals surface area contributed by atoms with Crippen LogP contribution in [0.1, 0.15) is 52.9 Å². The van der Waals surface area contributed by atoms with Crippen molar-refractivity contribution in [2.45, 2.75) is 52.9 Å². The Balaban J connectivity index is 1.78. The van der Waals surface area contributed by atoms with Crippen molar-refractivity contribution in [3.63, 3.8) is 0 Å². The number of hydrogen-bond donors (Lipinski definition) is 1. The van der Waals surface area contributed by atoms with Crippen LogP contribution in [0.5, 0.6) is 0 Å². The molecule has 1 unspecified atom stereocenters. The van der Waals surface area contributed by atoms with E-state index in [1.807, 2.05) is 25.7 Å². The summed E-state index contributed by atoms with van der Waals surface area (Å²) in [4.78, 5) is 26.2. The summed E-state index contributed by atoms with van der Waals surface area (Å²) in [5.41, 5.74) is -0.337. The van der Waals surface area contributed by atoms with Crippen LogP contribution < -0.4 is 5.32 Å². The van der Waals surface area contributed by atoms with Crippen LogP contribution in [0.3, 0.4) is 0 Å². The molecule has 1 aliphatic carbocycles. The molecule has 4 nitrogen and oxygen atoms in total. The monoisotopic (exact) mass is 280 g/mol. The number of hydrogen-bond acceptors (Lipinski definition) is 2. The smallest absolute Gasteiger partial charge is 0.225 e. The van der Waals surface area contributed by atoms with Gasteiger partial charge in [0.05, 0.1) is 0 Å². The number of carbonyl (C=O) groups is 2. The van der Waals surface area contributed by atoms with Crippen molar-refractivity contribution in [1.29, 1.82) is 0 Å². The molecule has 1 N–H and O–H groups in total. The van der Waals surface area contributed by atoms with Crippen molar-refractivity contribution < 1.29 is 9.59 Å². The van der Waals surface area contributed by atoms with Gasteiger partial charge in [0, 0.05) is 31.0 Å². The molecule has 1 saturated carbocycles. The molecule has 1 aliphatic heterocycles. The second-order valence-electron chi connectivity index (χ2n) is 7.38. The van der Waals surface area contributed by atoms with Gasteiger partial charge >= 0.3 is 0 Å². The maximum atomic E-state index is 12.3. The summed E-state index contributed by atoms with van der Waals surface area (Å²) in [5, 5.41) is 3.03. The van der Waals surface area contributed by atoms with Gasteiger partial charge in [-0.05, 0) is 31.6 Å². The Kier molecular flexibility index (Phi) is 4.71. The van der Waals surface area contributed by atoms with Crippen molar-refractivity contribution in [2.75, 3.05) is 19.6 Å². The van der Waals surface area contributed by atoms with E-state index in [-0.39, 0.29) is 17.2 Å². The molecular formula is C16H28N2O2. The maximum Gasteiger partial charge on any atom is 0.225 e. The van der Waals surface area contributed by atoms with E-state index in [4.69, 9.17) is 0 Å². The number of carbonyl (C=O) groups excluding carboxylic acids is 2. The molecule has 1 heterocycles. The summed E-state index contributed by atoms with van der Waals surface area (Å²) in [6, 6.07) is 0. The topological polar surface area (TPSA) is 49.4 Å². The highest BCUT2D eigenvalue weighted by Crippen LogP contribution is 2.30. The third kappa shape index (κ3) is 3.74. The minimum absolute atomic E-state index is 0.0972. The van der Waals surface area contributed by atoms with Gasteiger partial charge < -0.3 is 10.2 Å². The zero-order valence-electron chi connectivity index (χ0n) is 13.1. The van der Waals surface area contributed by atoms with Gasteiger partial charge in [0.1, 0.15) is 0 Å². The molecule has 0 bridgehead atoms. The Bertz CT molecular complexity index is 369. The van der Waals surface area contributed by atoms with Gasteiger partial charge in [-0.1, -0.05) is 27.2 Å². The fourth-order valence-electron chi connectivity index (χ4n) is 2.85. The molecule has 0 aromatic rings. The molecule has 4 heteroatoms. The van der Waals surface area contributed by atoms with Crippen LogP contribution in [-0.4, -0.2) is 36.3 Å². The number of likely N-dealkylation sites (tertiary alicyclic amines) is 1. The molecule has 0 aromatic carbocycles. The van der Waals surface area contributed by atoms with E-state index in [0.29, 0.717) is 18.4 Å². The zero-order chi connectivity index (χ0) is 14.8. The highest BCUT2D eigenvalue weighted by molar-refractivity contribution is 5.81. The Morgan fingerprint density at radius 3 is 2.40 bits per heavy atom. The summed E-state index contributed by atoms with van der Waals surface area (Å²) in [5.74, 6) is 1.15. The first-order valence-electron chi connectivity index (χ1n) is 7.95. The van der Waals surface area contributed by atoms with Crippen molar-refractivity contribution in [3.8, 4) is 0 Å². The number of piperidine rings is 1. The third-order valence-corrected chi connectivity index (χ3v) is 4.52. The average molecular weight is 280 g/mol. The number of rotatable bonds is 3. The first-order valence-corrected chi connectivity index (χ1v) is 7.95. The zero-order valence-corrected chi connectivity index (χ0v) is 13.1. The summed E-state index contributed by atoms with van der Waals surface area (Å²) in [6.07, 6.45) is 5.52. The third-order valence-electron chi connectivity index (χ3n) is 4.52. The first-order chi connectivity index (χ1) is 9.38. The lowest BCUT2D eigenvalue weighted by Gasteiger charge is -2.37. The van der Waals surface area contributed by atoms with Crippen LogP contribution in [0.25, 0.3) is 0 Å². The fourth-order valence-corrected chi connectivity index (χ4v) is 2.85. The van der Waals surface area contributed by atoms with Crippen molar-refractivity contribution in [2.24, 2.45) is 17.3 Å². The summed E-state index contributed by atoms with van der Waals surface area (Å²) < 4.78 is 0. The van der Waals surface area contributed by atoms with Gasteiger partial charge in [0.15, 0.2) is 0 Å². The minimum Gasteiger partial charge on any atom is -0.355 e. The fraction of sp³-hybridized carbons (Fsp3) is 0.875. The molecule has 2 rings (SSSR count). The quantitative estimate of drug-likeness (QED) is 0.861. The largest absolute Gasteiger partial charge is 0.355 e. The minimum atomic E-state index is -0.337. The molecule has 0 aromatic heterocycles. The Morgan fingerprint density at radius 1 is 1.15 bits per heavy atom. The van der Waals surface area contributed by atoms with E-state index < -0.39 is 0 Å². The van der Waals surface area contributed by atoms with Crippen LogP contribution in [0, 0.1) is 17.3 Å². The van der Waals surface area contributed by atoms with E-state index >= 15 is 0 Å². The predicted octanol–water partition coefficient (Wildman–Crippen LogP) is 2.19. The lowest BCUT2D eigenvalue weighted by atomic mass is 9.83. The standard InChI is InChI=1S/C16H28N2O2/c1-16(2,3)15(20)17-10-12-6-5-9-18(11-12)14(19)13-7-4-8-13/h12-13H,4-11H2,1-3H3,(H,17,20). The van der Waals surface area contributed by atoms with Crippen molar-refractivity contribution in [1.82, 2.24) is 10.2 Å². The molecule has 114 valence electrons. The predicted molar refractivity (Wildman–Crippen MR) is 79.1 cm³/mol. The Morgan fingerprint density at radius 2 is 1.85 bits per heavy atom. The highest BCUT2D eigenvalue weighted by Gasteiger charge is 2.32. The Labute approximate surface area is 122 Å². The summed E-state index contributed by atoms with van der Waals surface area (Å²) in [6.45, 7) is 8.20. The molecule has 1 atom stereocenters. The van der Waals surface area contributed by atoms with Crippen LogP contribution >= 0.6 is 0 Å². The normalized spacial score (nSPS) is 24.1. The first kappa shape index (κ1) is 15.3. The molecule has 0 spiro atoms. The molecule has 2 amide bonds. The number of nitrogens with zero attached hydrogens (tertiary/aromatic N) is 1. The van der Waals surface area contributed by atoms with E-state index in [1.54, 1.807) is 0 Å². The molecule has 1 saturated heterocycles. The second kappa shape index (κ2) is 6.15. The van der Waals surface area contributed by atoms with Gasteiger partial charge in [-0.25, -0.2) is 0 Å². The van der Waals surface area contributed by atoms with Gasteiger partial charge in [0.25, 0.3) is 0 Å². The van der Waals surface area contributed by atoms with E-state index in [2.05, 4.69) is 5.32 Å². The van der Waals surface area contributed by atoms with Gasteiger partial charge in [-0.3, -0.25) is 9.59 Å². The second-order valence-corrected chi connectivity index (χ2v) is 7.38.